The second kappa shape index (κ2) is 6.45. The van der Waals surface area contributed by atoms with Gasteiger partial charge in [-0.2, -0.15) is 0 Å². The van der Waals surface area contributed by atoms with Crippen molar-refractivity contribution in [1.29, 1.82) is 0 Å². The van der Waals surface area contributed by atoms with Crippen LogP contribution in [0, 0.1) is 6.92 Å². The molecule has 0 bridgehead atoms. The molecule has 0 aliphatic rings. The SMILES string of the molecule is C=C(C)C(CC)OC(=O)Nc1ccc(C)c(Cl)c1. The molecule has 1 aromatic carbocycles. The molecule has 4 heteroatoms. The van der Waals surface area contributed by atoms with Crippen molar-refractivity contribution in [1.82, 2.24) is 0 Å². The largest absolute Gasteiger partial charge is 0.442 e. The van der Waals surface area contributed by atoms with Gasteiger partial charge in [0.15, 0.2) is 0 Å². The Morgan fingerprint density at radius 3 is 2.72 bits per heavy atom. The van der Waals surface area contributed by atoms with E-state index in [2.05, 4.69) is 11.9 Å². The first-order valence-corrected chi connectivity index (χ1v) is 6.21. The van der Waals surface area contributed by atoms with Crippen LogP contribution in [0.1, 0.15) is 25.8 Å². The van der Waals surface area contributed by atoms with E-state index in [0.717, 1.165) is 11.1 Å². The number of aryl methyl sites for hydroxylation is 1. The predicted octanol–water partition coefficient (Wildman–Crippen LogP) is 4.55. The fraction of sp³-hybridized carbons (Fsp3) is 0.357. The van der Waals surface area contributed by atoms with Crippen molar-refractivity contribution in [2.45, 2.75) is 33.3 Å². The van der Waals surface area contributed by atoms with Gasteiger partial charge in [-0.25, -0.2) is 4.79 Å². The van der Waals surface area contributed by atoms with Crippen LogP contribution in [0.2, 0.25) is 5.02 Å². The summed E-state index contributed by atoms with van der Waals surface area (Å²) in [4.78, 5) is 11.7. The highest BCUT2D eigenvalue weighted by Gasteiger charge is 2.13. The van der Waals surface area contributed by atoms with Crippen molar-refractivity contribution < 1.29 is 9.53 Å². The summed E-state index contributed by atoms with van der Waals surface area (Å²) in [5, 5.41) is 3.25. The molecule has 1 amide bonds. The number of hydrogen-bond acceptors (Lipinski definition) is 2. The van der Waals surface area contributed by atoms with Gasteiger partial charge in [-0.05, 0) is 43.5 Å². The lowest BCUT2D eigenvalue weighted by Gasteiger charge is -2.16. The van der Waals surface area contributed by atoms with E-state index in [1.54, 1.807) is 12.1 Å². The van der Waals surface area contributed by atoms with E-state index in [0.29, 0.717) is 17.1 Å². The maximum absolute atomic E-state index is 11.7. The molecule has 0 spiro atoms. The number of halogens is 1. The molecule has 3 nitrogen and oxygen atoms in total. The maximum Gasteiger partial charge on any atom is 0.412 e. The van der Waals surface area contributed by atoms with E-state index in [1.807, 2.05) is 26.8 Å². The fourth-order valence-electron chi connectivity index (χ4n) is 1.48. The Kier molecular flexibility index (Phi) is 5.23. The molecule has 0 heterocycles. The molecule has 0 saturated heterocycles. The van der Waals surface area contributed by atoms with Crippen molar-refractivity contribution in [2.24, 2.45) is 0 Å². The summed E-state index contributed by atoms with van der Waals surface area (Å²) in [6, 6.07) is 5.32. The summed E-state index contributed by atoms with van der Waals surface area (Å²) < 4.78 is 5.24. The summed E-state index contributed by atoms with van der Waals surface area (Å²) in [5.41, 5.74) is 2.41. The number of carbonyl (C=O) groups excluding carboxylic acids is 1. The average molecular weight is 268 g/mol. The highest BCUT2D eigenvalue weighted by Crippen LogP contribution is 2.20. The molecule has 98 valence electrons. The van der Waals surface area contributed by atoms with Crippen LogP contribution in [-0.2, 0) is 4.74 Å². The number of nitrogens with one attached hydrogen (secondary N) is 1. The number of amides is 1. The first-order valence-electron chi connectivity index (χ1n) is 5.83. The van der Waals surface area contributed by atoms with E-state index < -0.39 is 6.09 Å². The zero-order valence-electron chi connectivity index (χ0n) is 10.9. The molecule has 0 aliphatic heterocycles. The molecular weight excluding hydrogens is 250 g/mol. The highest BCUT2D eigenvalue weighted by molar-refractivity contribution is 6.31. The van der Waals surface area contributed by atoms with Crippen LogP contribution >= 0.6 is 11.6 Å². The van der Waals surface area contributed by atoms with Crippen LogP contribution in [0.5, 0.6) is 0 Å². The van der Waals surface area contributed by atoms with Gasteiger partial charge < -0.3 is 4.74 Å². The van der Waals surface area contributed by atoms with Crippen molar-refractivity contribution in [3.05, 3.63) is 40.9 Å². The minimum Gasteiger partial charge on any atom is -0.442 e. The number of rotatable bonds is 4. The molecule has 1 rings (SSSR count). The van der Waals surface area contributed by atoms with E-state index in [4.69, 9.17) is 16.3 Å². The van der Waals surface area contributed by atoms with Crippen molar-refractivity contribution >= 4 is 23.4 Å². The lowest BCUT2D eigenvalue weighted by atomic mass is 10.1. The number of ether oxygens (including phenoxy) is 1. The second-order valence-corrected chi connectivity index (χ2v) is 4.64. The van der Waals surface area contributed by atoms with Gasteiger partial charge >= 0.3 is 6.09 Å². The molecule has 0 aromatic heterocycles. The van der Waals surface area contributed by atoms with Crippen molar-refractivity contribution in [3.63, 3.8) is 0 Å². The quantitative estimate of drug-likeness (QED) is 0.813. The Morgan fingerprint density at radius 2 is 2.22 bits per heavy atom. The Labute approximate surface area is 113 Å². The average Bonchev–Trinajstić information content (AvgIpc) is 2.30. The smallest absolute Gasteiger partial charge is 0.412 e. The summed E-state index contributed by atoms with van der Waals surface area (Å²) in [5.74, 6) is 0. The van der Waals surface area contributed by atoms with Gasteiger partial charge in [-0.3, -0.25) is 5.32 Å². The highest BCUT2D eigenvalue weighted by atomic mass is 35.5. The van der Waals surface area contributed by atoms with Crippen LogP contribution < -0.4 is 5.32 Å². The van der Waals surface area contributed by atoms with Crippen molar-refractivity contribution in [2.75, 3.05) is 5.32 Å². The predicted molar refractivity (Wildman–Crippen MR) is 75.2 cm³/mol. The van der Waals surface area contributed by atoms with Crippen LogP contribution in [0.25, 0.3) is 0 Å². The summed E-state index contributed by atoms with van der Waals surface area (Å²) in [6.45, 7) is 9.46. The van der Waals surface area contributed by atoms with Gasteiger partial charge in [-0.1, -0.05) is 31.2 Å². The second-order valence-electron chi connectivity index (χ2n) is 4.24. The van der Waals surface area contributed by atoms with Gasteiger partial charge in [0.2, 0.25) is 0 Å². The normalized spacial score (nSPS) is 11.8. The van der Waals surface area contributed by atoms with E-state index in [1.165, 1.54) is 0 Å². The molecule has 1 N–H and O–H groups in total. The molecule has 0 saturated carbocycles. The third kappa shape index (κ3) is 4.08. The van der Waals surface area contributed by atoms with E-state index in [-0.39, 0.29) is 6.10 Å². The molecule has 0 radical (unpaired) electrons. The molecular formula is C14H18ClNO2. The molecule has 1 unspecified atom stereocenters. The summed E-state index contributed by atoms with van der Waals surface area (Å²) in [7, 11) is 0. The first kappa shape index (κ1) is 14.6. The monoisotopic (exact) mass is 267 g/mol. The molecule has 1 atom stereocenters. The van der Waals surface area contributed by atoms with Gasteiger partial charge in [-0.15, -0.1) is 0 Å². The lowest BCUT2D eigenvalue weighted by molar-refractivity contribution is 0.126. The third-order valence-electron chi connectivity index (χ3n) is 2.59. The minimum absolute atomic E-state index is 0.258. The first-order chi connectivity index (χ1) is 8.43. The zero-order chi connectivity index (χ0) is 13.7. The minimum atomic E-state index is -0.496. The molecule has 0 aliphatic carbocycles. The van der Waals surface area contributed by atoms with Gasteiger partial charge in [0.1, 0.15) is 6.10 Å². The number of benzene rings is 1. The maximum atomic E-state index is 11.7. The Hall–Kier alpha value is -1.48. The number of hydrogen-bond donors (Lipinski definition) is 1. The van der Waals surface area contributed by atoms with Crippen LogP contribution in [0.3, 0.4) is 0 Å². The number of anilines is 1. The molecule has 1 aromatic rings. The van der Waals surface area contributed by atoms with Crippen molar-refractivity contribution in [3.8, 4) is 0 Å². The van der Waals surface area contributed by atoms with Gasteiger partial charge in [0.25, 0.3) is 0 Å². The van der Waals surface area contributed by atoms with Gasteiger partial charge in [0, 0.05) is 10.7 Å². The Balaban J connectivity index is 2.64. The lowest BCUT2D eigenvalue weighted by Crippen LogP contribution is -2.22. The summed E-state index contributed by atoms with van der Waals surface area (Å²) in [6.07, 6.45) is -0.0482. The molecule has 0 fully saturated rings. The van der Waals surface area contributed by atoms with Crippen LogP contribution in [-0.4, -0.2) is 12.2 Å². The fourth-order valence-corrected chi connectivity index (χ4v) is 1.66. The Morgan fingerprint density at radius 1 is 1.56 bits per heavy atom. The molecule has 18 heavy (non-hydrogen) atoms. The number of carbonyl (C=O) groups is 1. The van der Waals surface area contributed by atoms with Crippen LogP contribution in [0.15, 0.2) is 30.4 Å². The zero-order valence-corrected chi connectivity index (χ0v) is 11.7. The standard InChI is InChI=1S/C14H18ClNO2/c1-5-13(9(2)3)18-14(17)16-11-7-6-10(4)12(15)8-11/h6-8,13H,2,5H2,1,3-4H3,(H,16,17). The summed E-state index contributed by atoms with van der Waals surface area (Å²) >= 11 is 5.97. The van der Waals surface area contributed by atoms with E-state index >= 15 is 0 Å². The van der Waals surface area contributed by atoms with Crippen LogP contribution in [0.4, 0.5) is 10.5 Å². The van der Waals surface area contributed by atoms with E-state index in [9.17, 15) is 4.79 Å². The Bertz CT molecular complexity index is 457. The van der Waals surface area contributed by atoms with Gasteiger partial charge in [0.05, 0.1) is 0 Å². The topological polar surface area (TPSA) is 38.3 Å². The third-order valence-corrected chi connectivity index (χ3v) is 3.00.